The molecule has 4 N–H and O–H groups in total. The summed E-state index contributed by atoms with van der Waals surface area (Å²) in [6, 6.07) is 10.3. The Hall–Kier alpha value is -2.66. The molecule has 0 aliphatic carbocycles. The first-order valence-corrected chi connectivity index (χ1v) is 13.5. The Morgan fingerprint density at radius 1 is 0.943 bits per heavy atom. The fraction of sp³-hybridized carbons (Fsp3) is 0.348. The maximum Gasteiger partial charge on any atom is 0.253 e. The molecule has 1 fully saturated rings. The highest BCUT2D eigenvalue weighted by Crippen LogP contribution is 2.24. The van der Waals surface area contributed by atoms with E-state index in [4.69, 9.17) is 23.2 Å². The van der Waals surface area contributed by atoms with E-state index in [1.54, 1.807) is 24.3 Å². The molecule has 0 radical (unpaired) electrons. The Kier molecular flexibility index (Phi) is 8.76. The Labute approximate surface area is 213 Å². The zero-order valence-electron chi connectivity index (χ0n) is 19.0. The van der Waals surface area contributed by atoms with Gasteiger partial charge in [-0.15, -0.1) is 0 Å². The minimum atomic E-state index is -3.48. The predicted molar refractivity (Wildman–Crippen MR) is 134 cm³/mol. The lowest BCUT2D eigenvalue weighted by Gasteiger charge is -2.37. The first-order valence-electron chi connectivity index (χ1n) is 10.9. The lowest BCUT2D eigenvalue weighted by Crippen LogP contribution is -2.63. The summed E-state index contributed by atoms with van der Waals surface area (Å²) in [5.41, 5.74) is -0.664. The van der Waals surface area contributed by atoms with Crippen molar-refractivity contribution < 1.29 is 22.8 Å². The monoisotopic (exact) mass is 540 g/mol. The van der Waals surface area contributed by atoms with E-state index in [9.17, 15) is 22.8 Å². The van der Waals surface area contributed by atoms with Crippen LogP contribution in [-0.4, -0.2) is 64.1 Å². The van der Waals surface area contributed by atoms with Crippen LogP contribution in [0.4, 0.5) is 0 Å². The number of nitrogens with one attached hydrogen (secondary N) is 4. The first-order chi connectivity index (χ1) is 16.5. The molecule has 1 aliphatic rings. The second-order valence-electron chi connectivity index (χ2n) is 8.22. The maximum absolute atomic E-state index is 13.1. The van der Waals surface area contributed by atoms with Gasteiger partial charge < -0.3 is 21.3 Å². The molecule has 2 aromatic carbocycles. The highest BCUT2D eigenvalue weighted by molar-refractivity contribution is 7.90. The number of benzene rings is 2. The molecule has 0 spiro atoms. The van der Waals surface area contributed by atoms with Gasteiger partial charge in [-0.05, 0) is 68.4 Å². The summed E-state index contributed by atoms with van der Waals surface area (Å²) < 4.78 is 23.5. The van der Waals surface area contributed by atoms with Crippen LogP contribution < -0.4 is 21.3 Å². The molecule has 0 unspecified atom stereocenters. The van der Waals surface area contributed by atoms with E-state index in [1.165, 1.54) is 18.2 Å². The van der Waals surface area contributed by atoms with E-state index in [-0.39, 0.29) is 40.4 Å². The smallest absolute Gasteiger partial charge is 0.253 e. The highest BCUT2D eigenvalue weighted by atomic mass is 35.5. The van der Waals surface area contributed by atoms with Gasteiger partial charge in [0.05, 0.1) is 15.5 Å². The normalized spacial score (nSPS) is 15.2. The van der Waals surface area contributed by atoms with Crippen molar-refractivity contribution in [2.75, 3.05) is 32.4 Å². The average molecular weight is 541 g/mol. The molecule has 0 atom stereocenters. The molecular formula is C23H26Cl2N4O5S. The Morgan fingerprint density at radius 2 is 1.57 bits per heavy atom. The first kappa shape index (κ1) is 26.9. The van der Waals surface area contributed by atoms with Crippen LogP contribution in [0.5, 0.6) is 0 Å². The lowest BCUT2D eigenvalue weighted by molar-refractivity contribution is -0.128. The molecule has 0 saturated carbocycles. The molecule has 0 aromatic heterocycles. The van der Waals surface area contributed by atoms with Crippen LogP contribution in [0.3, 0.4) is 0 Å². The number of rotatable bonds is 8. The molecule has 3 amide bonds. The molecule has 9 nitrogen and oxygen atoms in total. The molecule has 1 heterocycles. The molecule has 1 aliphatic heterocycles. The quantitative estimate of drug-likeness (QED) is 0.377. The van der Waals surface area contributed by atoms with Gasteiger partial charge in [-0.3, -0.25) is 14.4 Å². The molecule has 12 heteroatoms. The number of amides is 3. The van der Waals surface area contributed by atoms with Crippen LogP contribution in [0.1, 0.15) is 33.6 Å². The fourth-order valence-electron chi connectivity index (χ4n) is 3.68. The van der Waals surface area contributed by atoms with E-state index in [2.05, 4.69) is 21.3 Å². The summed E-state index contributed by atoms with van der Waals surface area (Å²) in [7, 11) is -3.48. The van der Waals surface area contributed by atoms with Gasteiger partial charge in [-0.1, -0.05) is 23.2 Å². The fourth-order valence-corrected chi connectivity index (χ4v) is 4.79. The van der Waals surface area contributed by atoms with E-state index in [0.29, 0.717) is 36.5 Å². The molecule has 2 aromatic rings. The van der Waals surface area contributed by atoms with Gasteiger partial charge in [0.1, 0.15) is 5.54 Å². The largest absolute Gasteiger partial charge is 0.352 e. The van der Waals surface area contributed by atoms with E-state index < -0.39 is 21.3 Å². The summed E-state index contributed by atoms with van der Waals surface area (Å²) in [5.74, 6) is -1.26. The van der Waals surface area contributed by atoms with Crippen LogP contribution in [0.2, 0.25) is 10.0 Å². The molecule has 1 saturated heterocycles. The number of halogens is 2. The van der Waals surface area contributed by atoms with E-state index in [0.717, 1.165) is 6.26 Å². The van der Waals surface area contributed by atoms with Gasteiger partial charge in [0.25, 0.3) is 11.8 Å². The van der Waals surface area contributed by atoms with Crippen LogP contribution in [0.25, 0.3) is 0 Å². The van der Waals surface area contributed by atoms with Crippen molar-refractivity contribution in [3.05, 3.63) is 63.6 Å². The lowest BCUT2D eigenvalue weighted by atomic mass is 9.86. The van der Waals surface area contributed by atoms with Crippen molar-refractivity contribution in [2.24, 2.45) is 0 Å². The number of sulfone groups is 1. The third-order valence-corrected chi connectivity index (χ3v) is 7.34. The van der Waals surface area contributed by atoms with E-state index in [1.807, 2.05) is 0 Å². The van der Waals surface area contributed by atoms with Crippen molar-refractivity contribution in [1.82, 2.24) is 21.3 Å². The summed E-state index contributed by atoms with van der Waals surface area (Å²) in [6.07, 6.45) is 1.74. The van der Waals surface area contributed by atoms with Gasteiger partial charge in [0, 0.05) is 29.9 Å². The Morgan fingerprint density at radius 3 is 2.17 bits per heavy atom. The van der Waals surface area contributed by atoms with Crippen LogP contribution in [0.15, 0.2) is 47.4 Å². The van der Waals surface area contributed by atoms with E-state index >= 15 is 0 Å². The molecule has 35 heavy (non-hydrogen) atoms. The Balaban J connectivity index is 1.63. The SMILES string of the molecule is CS(=O)(=O)c1ccc(C(=O)NC2(C(=O)NCCNC(=O)c3ccc(Cl)cc3)CCNCC2)c(Cl)c1. The van der Waals surface area contributed by atoms with Crippen molar-refractivity contribution in [3.8, 4) is 0 Å². The second-order valence-corrected chi connectivity index (χ2v) is 11.1. The third kappa shape index (κ3) is 6.94. The molecular weight excluding hydrogens is 515 g/mol. The average Bonchev–Trinajstić information content (AvgIpc) is 2.81. The summed E-state index contributed by atoms with van der Waals surface area (Å²) in [4.78, 5) is 38.3. The molecule has 0 bridgehead atoms. The minimum absolute atomic E-state index is 0.00554. The van der Waals surface area contributed by atoms with Gasteiger partial charge >= 0.3 is 0 Å². The summed E-state index contributed by atoms with van der Waals surface area (Å²) >= 11 is 12.0. The second kappa shape index (κ2) is 11.4. The van der Waals surface area contributed by atoms with Gasteiger partial charge in [0.2, 0.25) is 5.91 Å². The zero-order valence-corrected chi connectivity index (χ0v) is 21.3. The number of carbonyl (C=O) groups excluding carboxylic acids is 3. The summed E-state index contributed by atoms with van der Waals surface area (Å²) in [5, 5.41) is 12.0. The van der Waals surface area contributed by atoms with Crippen LogP contribution in [-0.2, 0) is 14.6 Å². The zero-order chi connectivity index (χ0) is 25.6. The number of carbonyl (C=O) groups is 3. The predicted octanol–water partition coefficient (Wildman–Crippen LogP) is 1.80. The van der Waals surface area contributed by atoms with Gasteiger partial charge in [0.15, 0.2) is 9.84 Å². The van der Waals surface area contributed by atoms with Gasteiger partial charge in [-0.2, -0.15) is 0 Å². The molecule has 3 rings (SSSR count). The summed E-state index contributed by atoms with van der Waals surface area (Å²) in [6.45, 7) is 1.38. The van der Waals surface area contributed by atoms with Crippen LogP contribution >= 0.6 is 23.2 Å². The topological polar surface area (TPSA) is 133 Å². The number of piperidine rings is 1. The van der Waals surface area contributed by atoms with Gasteiger partial charge in [-0.25, -0.2) is 8.42 Å². The number of hydrogen-bond donors (Lipinski definition) is 4. The van der Waals surface area contributed by atoms with Crippen LogP contribution in [0, 0.1) is 0 Å². The third-order valence-electron chi connectivity index (χ3n) is 5.66. The minimum Gasteiger partial charge on any atom is -0.352 e. The highest BCUT2D eigenvalue weighted by Gasteiger charge is 2.41. The number of hydrogen-bond acceptors (Lipinski definition) is 6. The van der Waals surface area contributed by atoms with Crippen molar-refractivity contribution in [1.29, 1.82) is 0 Å². The maximum atomic E-state index is 13.1. The van der Waals surface area contributed by atoms with Crippen molar-refractivity contribution in [3.63, 3.8) is 0 Å². The Bertz CT molecular complexity index is 1210. The van der Waals surface area contributed by atoms with Crippen molar-refractivity contribution >= 4 is 50.8 Å². The van der Waals surface area contributed by atoms with Crippen molar-refractivity contribution in [2.45, 2.75) is 23.3 Å². The standard InChI is InChI=1S/C23H26Cl2N4O5S/c1-35(33,34)17-6-7-18(19(25)14-17)21(31)29-23(8-10-26-11-9-23)22(32)28-13-12-27-20(30)15-2-4-16(24)5-3-15/h2-7,14,26H,8-13H2,1H3,(H,27,30)(H,28,32)(H,29,31). The molecule has 188 valence electrons.